The summed E-state index contributed by atoms with van der Waals surface area (Å²) in [5.74, 6) is 0.614. The monoisotopic (exact) mass is 236 g/mol. The summed E-state index contributed by atoms with van der Waals surface area (Å²) < 4.78 is 5.07. The number of hydrogen-bond donors (Lipinski definition) is 1. The Morgan fingerprint density at radius 1 is 1.12 bits per heavy atom. The molecule has 0 saturated heterocycles. The Balaban J connectivity index is 2.59. The van der Waals surface area contributed by atoms with E-state index in [1.165, 1.54) is 0 Å². The summed E-state index contributed by atoms with van der Waals surface area (Å²) in [6.07, 6.45) is 2.79. The van der Waals surface area contributed by atoms with Crippen LogP contribution in [0.2, 0.25) is 0 Å². The molecule has 96 valence electrons. The van der Waals surface area contributed by atoms with Gasteiger partial charge in [0, 0.05) is 7.11 Å². The average Bonchev–Trinajstić information content (AvgIpc) is 2.37. The molecular weight excluding hydrogens is 212 g/mol. The minimum absolute atomic E-state index is 0.337. The molecule has 0 amide bonds. The first-order valence-electron chi connectivity index (χ1n) is 6.47. The highest BCUT2D eigenvalue weighted by atomic mass is 16.5. The van der Waals surface area contributed by atoms with Crippen molar-refractivity contribution in [3.8, 4) is 0 Å². The van der Waals surface area contributed by atoms with Crippen molar-refractivity contribution in [2.75, 3.05) is 7.11 Å². The predicted octanol–water partition coefficient (Wildman–Crippen LogP) is 3.69. The van der Waals surface area contributed by atoms with E-state index in [0.717, 1.165) is 30.4 Å². The van der Waals surface area contributed by atoms with Gasteiger partial charge in [0.1, 0.15) is 0 Å². The van der Waals surface area contributed by atoms with Gasteiger partial charge >= 0.3 is 0 Å². The van der Waals surface area contributed by atoms with Crippen LogP contribution in [-0.2, 0) is 11.3 Å². The summed E-state index contributed by atoms with van der Waals surface area (Å²) in [5, 5.41) is 10.1. The molecule has 0 aliphatic carbocycles. The molecule has 1 rings (SSSR count). The highest BCUT2D eigenvalue weighted by Crippen LogP contribution is 2.25. The maximum Gasteiger partial charge on any atom is 0.0792 e. The average molecular weight is 236 g/mol. The van der Waals surface area contributed by atoms with E-state index in [-0.39, 0.29) is 6.10 Å². The largest absolute Gasteiger partial charge is 0.388 e. The smallest absolute Gasteiger partial charge is 0.0792 e. The van der Waals surface area contributed by atoms with Crippen LogP contribution in [-0.4, -0.2) is 12.2 Å². The van der Waals surface area contributed by atoms with Gasteiger partial charge in [0.15, 0.2) is 0 Å². The van der Waals surface area contributed by atoms with Crippen LogP contribution in [0.1, 0.15) is 50.3 Å². The molecular formula is C15H24O2. The van der Waals surface area contributed by atoms with Gasteiger partial charge in [0.25, 0.3) is 0 Å². The minimum Gasteiger partial charge on any atom is -0.388 e. The first-order valence-corrected chi connectivity index (χ1v) is 6.47. The van der Waals surface area contributed by atoms with Crippen LogP contribution in [0.15, 0.2) is 24.3 Å². The van der Waals surface area contributed by atoms with Crippen LogP contribution in [0, 0.1) is 5.92 Å². The molecule has 0 saturated carbocycles. The number of aliphatic hydroxyl groups excluding tert-OH is 1. The third-order valence-corrected chi connectivity index (χ3v) is 3.39. The molecule has 0 aliphatic rings. The van der Waals surface area contributed by atoms with Crippen LogP contribution in [0.5, 0.6) is 0 Å². The van der Waals surface area contributed by atoms with Gasteiger partial charge < -0.3 is 9.84 Å². The predicted molar refractivity (Wildman–Crippen MR) is 70.8 cm³/mol. The van der Waals surface area contributed by atoms with E-state index in [0.29, 0.717) is 12.5 Å². The van der Waals surface area contributed by atoms with Gasteiger partial charge in [-0.1, -0.05) is 51.0 Å². The molecule has 1 atom stereocenters. The lowest BCUT2D eigenvalue weighted by atomic mass is 9.92. The Labute approximate surface area is 105 Å². The Kier molecular flexibility index (Phi) is 6.23. The van der Waals surface area contributed by atoms with Crippen LogP contribution >= 0.6 is 0 Å². The Morgan fingerprint density at radius 3 is 2.18 bits per heavy atom. The van der Waals surface area contributed by atoms with Crippen molar-refractivity contribution in [3.63, 3.8) is 0 Å². The lowest BCUT2D eigenvalue weighted by Crippen LogP contribution is -2.06. The third-order valence-electron chi connectivity index (χ3n) is 3.39. The summed E-state index contributed by atoms with van der Waals surface area (Å²) in [5.41, 5.74) is 2.16. The van der Waals surface area contributed by atoms with Crippen molar-refractivity contribution in [2.24, 2.45) is 5.92 Å². The molecule has 1 aromatic rings. The summed E-state index contributed by atoms with van der Waals surface area (Å²) >= 11 is 0. The molecule has 0 fully saturated rings. The van der Waals surface area contributed by atoms with Crippen molar-refractivity contribution >= 4 is 0 Å². The van der Waals surface area contributed by atoms with Crippen LogP contribution in [0.3, 0.4) is 0 Å². The van der Waals surface area contributed by atoms with E-state index >= 15 is 0 Å². The highest BCUT2D eigenvalue weighted by Gasteiger charge is 2.13. The van der Waals surface area contributed by atoms with E-state index in [2.05, 4.69) is 13.8 Å². The highest BCUT2D eigenvalue weighted by molar-refractivity contribution is 5.23. The molecule has 2 nitrogen and oxygen atoms in total. The zero-order valence-corrected chi connectivity index (χ0v) is 11.1. The number of aliphatic hydroxyl groups is 1. The molecule has 1 N–H and O–H groups in total. The maximum absolute atomic E-state index is 10.1. The lowest BCUT2D eigenvalue weighted by Gasteiger charge is -2.17. The molecule has 0 heterocycles. The molecule has 0 radical (unpaired) electrons. The standard InChI is InChI=1S/C15H24O2/c1-4-12(5-2)10-15(16)14-8-6-13(7-9-14)11-17-3/h6-9,12,15-16H,4-5,10-11H2,1-3H3. The summed E-state index contributed by atoms with van der Waals surface area (Å²) in [4.78, 5) is 0. The second-order valence-electron chi connectivity index (χ2n) is 4.61. The fourth-order valence-corrected chi connectivity index (χ4v) is 2.08. The zero-order valence-electron chi connectivity index (χ0n) is 11.1. The van der Waals surface area contributed by atoms with Crippen molar-refractivity contribution in [1.82, 2.24) is 0 Å². The SMILES string of the molecule is CCC(CC)CC(O)c1ccc(COC)cc1. The van der Waals surface area contributed by atoms with Gasteiger partial charge in [-0.05, 0) is 23.5 Å². The van der Waals surface area contributed by atoms with E-state index in [1.54, 1.807) is 7.11 Å². The quantitative estimate of drug-likeness (QED) is 0.782. The van der Waals surface area contributed by atoms with Gasteiger partial charge in [-0.2, -0.15) is 0 Å². The number of methoxy groups -OCH3 is 1. The Bertz CT molecular complexity index is 301. The zero-order chi connectivity index (χ0) is 12.7. The van der Waals surface area contributed by atoms with Gasteiger partial charge in [-0.3, -0.25) is 0 Å². The topological polar surface area (TPSA) is 29.5 Å². The van der Waals surface area contributed by atoms with Crippen molar-refractivity contribution < 1.29 is 9.84 Å². The van der Waals surface area contributed by atoms with Crippen molar-refractivity contribution in [1.29, 1.82) is 0 Å². The first-order chi connectivity index (χ1) is 8.21. The number of benzene rings is 1. The molecule has 0 bridgehead atoms. The molecule has 1 unspecified atom stereocenters. The molecule has 1 aromatic carbocycles. The summed E-state index contributed by atoms with van der Waals surface area (Å²) in [6, 6.07) is 8.05. The fourth-order valence-electron chi connectivity index (χ4n) is 2.08. The Morgan fingerprint density at radius 2 is 1.71 bits per heavy atom. The van der Waals surface area contributed by atoms with Gasteiger partial charge in [0.2, 0.25) is 0 Å². The van der Waals surface area contributed by atoms with Gasteiger partial charge in [0.05, 0.1) is 12.7 Å². The minimum atomic E-state index is -0.337. The fraction of sp³-hybridized carbons (Fsp3) is 0.600. The van der Waals surface area contributed by atoms with Crippen LogP contribution in [0.4, 0.5) is 0 Å². The van der Waals surface area contributed by atoms with E-state index in [9.17, 15) is 5.11 Å². The van der Waals surface area contributed by atoms with Crippen LogP contribution < -0.4 is 0 Å². The normalized spacial score (nSPS) is 13.0. The maximum atomic E-state index is 10.1. The second kappa shape index (κ2) is 7.46. The van der Waals surface area contributed by atoms with E-state index < -0.39 is 0 Å². The number of hydrogen-bond acceptors (Lipinski definition) is 2. The molecule has 2 heteroatoms. The molecule has 0 spiro atoms. The molecule has 17 heavy (non-hydrogen) atoms. The van der Waals surface area contributed by atoms with Gasteiger partial charge in [-0.15, -0.1) is 0 Å². The van der Waals surface area contributed by atoms with E-state index in [1.807, 2.05) is 24.3 Å². The second-order valence-corrected chi connectivity index (χ2v) is 4.61. The number of rotatable bonds is 7. The van der Waals surface area contributed by atoms with Crippen molar-refractivity contribution in [3.05, 3.63) is 35.4 Å². The van der Waals surface area contributed by atoms with E-state index in [4.69, 9.17) is 4.74 Å². The third kappa shape index (κ3) is 4.49. The Hall–Kier alpha value is -0.860. The van der Waals surface area contributed by atoms with Crippen molar-refractivity contribution in [2.45, 2.75) is 45.8 Å². The molecule has 0 aromatic heterocycles. The van der Waals surface area contributed by atoms with Crippen LogP contribution in [0.25, 0.3) is 0 Å². The summed E-state index contributed by atoms with van der Waals surface area (Å²) in [6.45, 7) is 4.99. The summed E-state index contributed by atoms with van der Waals surface area (Å²) in [7, 11) is 1.69. The number of ether oxygens (including phenoxy) is 1. The molecule has 0 aliphatic heterocycles. The first kappa shape index (κ1) is 14.2. The van der Waals surface area contributed by atoms with Gasteiger partial charge in [-0.25, -0.2) is 0 Å². The lowest BCUT2D eigenvalue weighted by molar-refractivity contribution is 0.141.